The van der Waals surface area contributed by atoms with Crippen molar-refractivity contribution in [3.63, 3.8) is 0 Å². The molecule has 0 aliphatic heterocycles. The van der Waals surface area contributed by atoms with Crippen LogP contribution in [0, 0.1) is 17.7 Å². The topological polar surface area (TPSA) is 29.1 Å². The molecule has 0 radical (unpaired) electrons. The summed E-state index contributed by atoms with van der Waals surface area (Å²) in [6, 6.07) is 4.46. The minimum Gasteiger partial charge on any atom is -0.352 e. The van der Waals surface area contributed by atoms with E-state index in [1.54, 1.807) is 12.1 Å². The number of hydrogen-bond acceptors (Lipinski definition) is 1. The molecule has 0 spiro atoms. The molecular formula is C15H18Br2FNO. The van der Waals surface area contributed by atoms with E-state index in [-0.39, 0.29) is 5.91 Å². The molecule has 110 valence electrons. The molecule has 1 aliphatic carbocycles. The molecule has 2 nitrogen and oxygen atoms in total. The summed E-state index contributed by atoms with van der Waals surface area (Å²) in [5.41, 5.74) is 0.372. The van der Waals surface area contributed by atoms with Crippen LogP contribution in [-0.4, -0.2) is 17.8 Å². The Bertz CT molecular complexity index is 481. The first kappa shape index (κ1) is 16.0. The first-order chi connectivity index (χ1) is 9.61. The first-order valence-corrected chi connectivity index (χ1v) is 8.82. The highest BCUT2D eigenvalue weighted by Crippen LogP contribution is 2.30. The molecule has 2 unspecified atom stereocenters. The summed E-state index contributed by atoms with van der Waals surface area (Å²) in [5.74, 6) is 0.544. The van der Waals surface area contributed by atoms with Crippen molar-refractivity contribution in [3.05, 3.63) is 34.1 Å². The van der Waals surface area contributed by atoms with E-state index >= 15 is 0 Å². The van der Waals surface area contributed by atoms with Crippen LogP contribution in [-0.2, 0) is 0 Å². The molecule has 1 fully saturated rings. The Balaban J connectivity index is 1.92. The monoisotopic (exact) mass is 405 g/mol. The Hall–Kier alpha value is -0.420. The van der Waals surface area contributed by atoms with E-state index in [9.17, 15) is 9.18 Å². The van der Waals surface area contributed by atoms with Gasteiger partial charge in [0.1, 0.15) is 5.82 Å². The summed E-state index contributed by atoms with van der Waals surface area (Å²) in [6.07, 6.45) is 4.89. The molecule has 2 atom stereocenters. The molecule has 0 bridgehead atoms. The highest BCUT2D eigenvalue weighted by molar-refractivity contribution is 9.10. The molecule has 1 aliphatic rings. The standard InChI is InChI=1S/C15H18Br2FNO/c16-8-11-3-1-2-4-12(11)9-19-15(20)10-5-6-13(17)14(18)7-10/h5-7,11-12H,1-4,8-9H2,(H,19,20). The fourth-order valence-electron chi connectivity index (χ4n) is 2.72. The zero-order valence-electron chi connectivity index (χ0n) is 11.2. The maximum Gasteiger partial charge on any atom is 0.251 e. The Labute approximate surface area is 135 Å². The van der Waals surface area contributed by atoms with Crippen LogP contribution in [0.25, 0.3) is 0 Å². The Morgan fingerprint density at radius 2 is 2.00 bits per heavy atom. The van der Waals surface area contributed by atoms with Gasteiger partial charge in [-0.1, -0.05) is 28.8 Å². The van der Waals surface area contributed by atoms with Gasteiger partial charge in [-0.05, 0) is 58.8 Å². The summed E-state index contributed by atoms with van der Waals surface area (Å²) < 4.78 is 13.8. The Morgan fingerprint density at radius 1 is 1.30 bits per heavy atom. The van der Waals surface area contributed by atoms with Crippen molar-refractivity contribution in [2.75, 3.05) is 11.9 Å². The molecule has 5 heteroatoms. The molecule has 1 N–H and O–H groups in total. The first-order valence-electron chi connectivity index (χ1n) is 6.91. The molecule has 1 aromatic rings. The van der Waals surface area contributed by atoms with Gasteiger partial charge in [-0.2, -0.15) is 0 Å². The molecule has 1 aromatic carbocycles. The van der Waals surface area contributed by atoms with Crippen molar-refractivity contribution >= 4 is 37.8 Å². The maximum atomic E-state index is 13.4. The van der Waals surface area contributed by atoms with Crippen LogP contribution >= 0.6 is 31.9 Å². The van der Waals surface area contributed by atoms with Crippen LogP contribution in [0.15, 0.2) is 22.7 Å². The van der Waals surface area contributed by atoms with E-state index < -0.39 is 5.82 Å². The summed E-state index contributed by atoms with van der Waals surface area (Å²) in [7, 11) is 0. The predicted molar refractivity (Wildman–Crippen MR) is 85.7 cm³/mol. The third kappa shape index (κ3) is 4.04. The zero-order valence-corrected chi connectivity index (χ0v) is 14.3. The minimum absolute atomic E-state index is 0.199. The third-order valence-electron chi connectivity index (χ3n) is 3.97. The summed E-state index contributed by atoms with van der Waals surface area (Å²) in [4.78, 5) is 12.0. The minimum atomic E-state index is -0.409. The van der Waals surface area contributed by atoms with Crippen molar-refractivity contribution in [2.24, 2.45) is 11.8 Å². The fraction of sp³-hybridized carbons (Fsp3) is 0.533. The lowest BCUT2D eigenvalue weighted by Gasteiger charge is -2.30. The van der Waals surface area contributed by atoms with Gasteiger partial charge in [0.25, 0.3) is 5.91 Å². The molecule has 1 amide bonds. The SMILES string of the molecule is O=C(NCC1CCCCC1CBr)c1ccc(Br)c(F)c1. The van der Waals surface area contributed by atoms with E-state index in [4.69, 9.17) is 0 Å². The molecule has 20 heavy (non-hydrogen) atoms. The molecule has 0 heterocycles. The smallest absolute Gasteiger partial charge is 0.251 e. The van der Waals surface area contributed by atoms with Crippen LogP contribution in [0.3, 0.4) is 0 Å². The largest absolute Gasteiger partial charge is 0.352 e. The normalized spacial score (nSPS) is 22.6. The second-order valence-electron chi connectivity index (χ2n) is 5.30. The van der Waals surface area contributed by atoms with Gasteiger partial charge in [0.15, 0.2) is 0 Å². The molecule has 0 aromatic heterocycles. The van der Waals surface area contributed by atoms with E-state index in [1.807, 2.05) is 0 Å². The molecule has 0 saturated heterocycles. The van der Waals surface area contributed by atoms with Gasteiger partial charge in [0, 0.05) is 17.4 Å². The van der Waals surface area contributed by atoms with Crippen molar-refractivity contribution in [1.82, 2.24) is 5.32 Å². The van der Waals surface area contributed by atoms with Crippen LogP contribution in [0.4, 0.5) is 4.39 Å². The highest BCUT2D eigenvalue weighted by Gasteiger charge is 2.24. The van der Waals surface area contributed by atoms with Crippen LogP contribution < -0.4 is 5.32 Å². The van der Waals surface area contributed by atoms with Gasteiger partial charge in [0.2, 0.25) is 0 Å². The van der Waals surface area contributed by atoms with Crippen molar-refractivity contribution in [3.8, 4) is 0 Å². The summed E-state index contributed by atoms with van der Waals surface area (Å²) >= 11 is 6.64. The second kappa shape index (κ2) is 7.55. The molecular weight excluding hydrogens is 389 g/mol. The van der Waals surface area contributed by atoms with Crippen LogP contribution in [0.2, 0.25) is 0 Å². The number of carbonyl (C=O) groups is 1. The maximum absolute atomic E-state index is 13.4. The van der Waals surface area contributed by atoms with Gasteiger partial charge >= 0.3 is 0 Å². The fourth-order valence-corrected chi connectivity index (χ4v) is 3.82. The average molecular weight is 407 g/mol. The zero-order chi connectivity index (χ0) is 14.5. The van der Waals surface area contributed by atoms with E-state index in [0.29, 0.717) is 28.4 Å². The van der Waals surface area contributed by atoms with E-state index in [2.05, 4.69) is 37.2 Å². The van der Waals surface area contributed by atoms with Gasteiger partial charge in [-0.15, -0.1) is 0 Å². The lowest BCUT2D eigenvalue weighted by atomic mass is 9.80. The van der Waals surface area contributed by atoms with E-state index in [0.717, 1.165) is 11.8 Å². The lowest BCUT2D eigenvalue weighted by molar-refractivity contribution is 0.0936. The molecule has 1 saturated carbocycles. The molecule has 2 rings (SSSR count). The number of rotatable bonds is 4. The van der Waals surface area contributed by atoms with Crippen molar-refractivity contribution < 1.29 is 9.18 Å². The second-order valence-corrected chi connectivity index (χ2v) is 6.80. The van der Waals surface area contributed by atoms with Gasteiger partial charge < -0.3 is 5.32 Å². The quantitative estimate of drug-likeness (QED) is 0.731. The predicted octanol–water partition coefficient (Wildman–Crippen LogP) is 4.52. The lowest BCUT2D eigenvalue weighted by Crippen LogP contribution is -2.34. The average Bonchev–Trinajstić information content (AvgIpc) is 2.47. The number of nitrogens with one attached hydrogen (secondary N) is 1. The number of amides is 1. The Morgan fingerprint density at radius 3 is 2.65 bits per heavy atom. The third-order valence-corrected chi connectivity index (χ3v) is 5.45. The number of carbonyl (C=O) groups excluding carboxylic acids is 1. The number of alkyl halides is 1. The van der Waals surface area contributed by atoms with Crippen molar-refractivity contribution in [2.45, 2.75) is 25.7 Å². The number of benzene rings is 1. The summed E-state index contributed by atoms with van der Waals surface area (Å²) in [5, 5.41) is 3.92. The van der Waals surface area contributed by atoms with Crippen molar-refractivity contribution in [1.29, 1.82) is 0 Å². The van der Waals surface area contributed by atoms with Gasteiger partial charge in [0.05, 0.1) is 4.47 Å². The van der Waals surface area contributed by atoms with Crippen LogP contribution in [0.1, 0.15) is 36.0 Å². The number of halogens is 3. The summed E-state index contributed by atoms with van der Waals surface area (Å²) in [6.45, 7) is 0.673. The number of hydrogen-bond donors (Lipinski definition) is 1. The Kier molecular flexibility index (Phi) is 6.02. The van der Waals surface area contributed by atoms with Crippen LogP contribution in [0.5, 0.6) is 0 Å². The highest BCUT2D eigenvalue weighted by atomic mass is 79.9. The van der Waals surface area contributed by atoms with E-state index in [1.165, 1.54) is 25.3 Å². The van der Waals surface area contributed by atoms with Gasteiger partial charge in [-0.25, -0.2) is 4.39 Å². The van der Waals surface area contributed by atoms with Gasteiger partial charge in [-0.3, -0.25) is 4.79 Å².